The third kappa shape index (κ3) is 15700. The summed E-state index contributed by atoms with van der Waals surface area (Å²) in [6.45, 7) is 0. The van der Waals surface area contributed by atoms with Gasteiger partial charge in [-0.3, -0.25) is 0 Å². The maximum absolute atomic E-state index is 8.25. The summed E-state index contributed by atoms with van der Waals surface area (Å²) >= 11 is 0. The smallest absolute Gasteiger partial charge is 2.00 e. The number of hydrogen-bond acceptors (Lipinski definition) is 12. The van der Waals surface area contributed by atoms with Crippen LogP contribution in [-0.2, 0) is 101 Å². The zero-order valence-corrected chi connectivity index (χ0v) is 17.2. The molecule has 0 aliphatic carbocycles. The van der Waals surface area contributed by atoms with E-state index in [4.69, 9.17) is 61.3 Å². The third-order valence-electron chi connectivity index (χ3n) is 0. The fourth-order valence-corrected chi connectivity index (χ4v) is 0. The molecule has 20 nitrogen and oxygen atoms in total. The van der Waals surface area contributed by atoms with Gasteiger partial charge >= 0.3 is 78.6 Å². The maximum Gasteiger partial charge on any atom is 4.00 e. The molecular formula is N4O16Zr3. The number of rotatable bonds is 0. The normalized spacial score (nSPS) is 4.17. The Morgan fingerprint density at radius 2 is 0.348 bits per heavy atom. The standard InChI is InChI=1S/4NO3.4O.3Zr/c4*2-1(3)4;;;;;;;/q4*-1;4*-2;3*+4. The van der Waals surface area contributed by atoms with Gasteiger partial charge in [-0.05, 0) is 0 Å². The van der Waals surface area contributed by atoms with Crippen LogP contribution in [0.2, 0.25) is 0 Å². The van der Waals surface area contributed by atoms with Crippen molar-refractivity contribution >= 4 is 0 Å². The largest absolute Gasteiger partial charge is 4.00 e. The van der Waals surface area contributed by atoms with Crippen LogP contribution >= 0.6 is 0 Å². The van der Waals surface area contributed by atoms with Crippen LogP contribution in [0, 0.1) is 61.3 Å². The molecule has 0 N–H and O–H groups in total. The second-order valence-electron chi connectivity index (χ2n) is 0.894. The van der Waals surface area contributed by atoms with E-state index in [1.807, 2.05) is 0 Å². The summed E-state index contributed by atoms with van der Waals surface area (Å²) in [5, 5.41) is 59.0. The van der Waals surface area contributed by atoms with Gasteiger partial charge in [-0.2, -0.15) is 0 Å². The molecule has 0 heterocycles. The Kier molecular flexibility index (Phi) is 237. The molecule has 0 spiro atoms. The third-order valence-corrected chi connectivity index (χ3v) is 0. The van der Waals surface area contributed by atoms with Crippen LogP contribution in [0.25, 0.3) is 0 Å². The van der Waals surface area contributed by atoms with Crippen LogP contribution in [0.3, 0.4) is 0 Å². The van der Waals surface area contributed by atoms with E-state index < -0.39 is 20.3 Å². The van der Waals surface area contributed by atoms with Crippen molar-refractivity contribution in [2.24, 2.45) is 0 Å². The molecule has 128 valence electrons. The van der Waals surface area contributed by atoms with Gasteiger partial charge in [0.15, 0.2) is 0 Å². The average molecular weight is 586 g/mol. The molecule has 0 unspecified atom stereocenters. The second kappa shape index (κ2) is 68.8. The predicted octanol–water partition coefficient (Wildman–Crippen LogP) is -1.44. The van der Waals surface area contributed by atoms with Crippen molar-refractivity contribution in [1.29, 1.82) is 0 Å². The summed E-state index contributed by atoms with van der Waals surface area (Å²) in [5.74, 6) is 0. The molecule has 0 aromatic heterocycles. The Morgan fingerprint density at radius 1 is 0.348 bits per heavy atom. The summed E-state index contributed by atoms with van der Waals surface area (Å²) in [5.41, 5.74) is 0. The minimum Gasteiger partial charge on any atom is -2.00 e. The first-order chi connectivity index (χ1) is 6.93. The van der Waals surface area contributed by atoms with E-state index in [-0.39, 0.29) is 101 Å². The van der Waals surface area contributed by atoms with Crippen molar-refractivity contribution < 1.29 is 121 Å². The van der Waals surface area contributed by atoms with Crippen molar-refractivity contribution in [3.8, 4) is 0 Å². The van der Waals surface area contributed by atoms with Gasteiger partial charge in [0, 0.05) is 0 Å². The van der Waals surface area contributed by atoms with Gasteiger partial charge in [0.05, 0.1) is 20.3 Å². The molecule has 0 aliphatic heterocycles. The molecule has 23 heteroatoms. The second-order valence-corrected chi connectivity index (χ2v) is 0.894. The summed E-state index contributed by atoms with van der Waals surface area (Å²) in [6, 6.07) is 0. The predicted molar refractivity (Wildman–Crippen MR) is 44.2 cm³/mol. The molecule has 0 rings (SSSR count). The van der Waals surface area contributed by atoms with Crippen LogP contribution in [0.1, 0.15) is 0 Å². The van der Waals surface area contributed by atoms with E-state index in [2.05, 4.69) is 0 Å². The first kappa shape index (κ1) is 79.3. The fourth-order valence-electron chi connectivity index (χ4n) is 0. The van der Waals surface area contributed by atoms with Gasteiger partial charge in [-0.15, -0.1) is 0 Å². The summed E-state index contributed by atoms with van der Waals surface area (Å²) in [7, 11) is 0. The van der Waals surface area contributed by atoms with Crippen LogP contribution in [0.15, 0.2) is 0 Å². The zero-order chi connectivity index (χ0) is 14.3. The molecule has 23 heavy (non-hydrogen) atoms. The van der Waals surface area contributed by atoms with Crippen LogP contribution < -0.4 is 0 Å². The molecule has 0 saturated carbocycles. The first-order valence-corrected chi connectivity index (χ1v) is 2.19. The topological polar surface area (TPSA) is 379 Å². The van der Waals surface area contributed by atoms with Gasteiger partial charge in [0.1, 0.15) is 0 Å². The Bertz CT molecular complexity index is 167. The summed E-state index contributed by atoms with van der Waals surface area (Å²) < 4.78 is 0. The van der Waals surface area contributed by atoms with Crippen molar-refractivity contribution in [3.05, 3.63) is 61.3 Å². The quantitative estimate of drug-likeness (QED) is 0.233. The molecule has 0 amide bonds. The monoisotopic (exact) mass is 582 g/mol. The minimum absolute atomic E-state index is 0. The Balaban J connectivity index is -0.00000000842. The van der Waals surface area contributed by atoms with E-state index in [0.717, 1.165) is 0 Å². The van der Waals surface area contributed by atoms with E-state index in [0.29, 0.717) is 0 Å². The molecule has 0 radical (unpaired) electrons. The molecule has 0 aliphatic rings. The molecular weight excluding hydrogens is 586 g/mol. The molecule has 0 fully saturated rings. The average Bonchev–Trinajstić information content (AvgIpc) is 1.76. The molecule has 0 atom stereocenters. The Hall–Kier alpha value is -0.711. The Labute approximate surface area is 181 Å². The van der Waals surface area contributed by atoms with Gasteiger partial charge in [0.2, 0.25) is 0 Å². The summed E-state index contributed by atoms with van der Waals surface area (Å²) in [6.07, 6.45) is 0. The fraction of sp³-hybridized carbons (Fsp3) is 0. The van der Waals surface area contributed by atoms with E-state index in [1.165, 1.54) is 0 Å². The van der Waals surface area contributed by atoms with Crippen molar-refractivity contribution in [3.63, 3.8) is 0 Å². The molecule has 0 aromatic carbocycles. The molecule has 0 bridgehead atoms. The van der Waals surface area contributed by atoms with Gasteiger partial charge in [-0.25, -0.2) is 0 Å². The van der Waals surface area contributed by atoms with E-state index in [1.54, 1.807) is 0 Å². The maximum atomic E-state index is 8.25. The van der Waals surface area contributed by atoms with E-state index in [9.17, 15) is 0 Å². The van der Waals surface area contributed by atoms with Crippen molar-refractivity contribution in [2.45, 2.75) is 0 Å². The van der Waals surface area contributed by atoms with Crippen LogP contribution in [-0.4, -0.2) is 20.3 Å². The van der Waals surface area contributed by atoms with Crippen molar-refractivity contribution in [1.82, 2.24) is 0 Å². The van der Waals surface area contributed by atoms with Crippen molar-refractivity contribution in [2.75, 3.05) is 0 Å². The Morgan fingerprint density at radius 3 is 0.348 bits per heavy atom. The van der Waals surface area contributed by atoms with E-state index >= 15 is 0 Å². The first-order valence-electron chi connectivity index (χ1n) is 2.19. The number of nitrogens with zero attached hydrogens (tertiary/aromatic N) is 4. The van der Waals surface area contributed by atoms with Gasteiger partial charge in [-0.1, -0.05) is 0 Å². The molecule has 0 aromatic rings. The van der Waals surface area contributed by atoms with Gasteiger partial charge < -0.3 is 83.2 Å². The van der Waals surface area contributed by atoms with Crippen LogP contribution in [0.4, 0.5) is 0 Å². The SMILES string of the molecule is O=[N+]([O-])[O-].O=[N+]([O-])[O-].O=[N+]([O-])[O-].O=[N+]([O-])[O-].[O-2].[O-2].[O-2].[O-2].[Zr+4].[Zr+4].[Zr+4]. The summed E-state index contributed by atoms with van der Waals surface area (Å²) in [4.78, 5) is 33.0. The minimum atomic E-state index is -1.75. The van der Waals surface area contributed by atoms with Gasteiger partial charge in [0.25, 0.3) is 0 Å². The van der Waals surface area contributed by atoms with Crippen LogP contribution in [0.5, 0.6) is 0 Å². The molecule has 0 saturated heterocycles. The zero-order valence-electron chi connectivity index (χ0n) is 9.82. The number of hydrogen-bond donors (Lipinski definition) is 0.